The van der Waals surface area contributed by atoms with Crippen molar-refractivity contribution in [1.82, 2.24) is 0 Å². The maximum absolute atomic E-state index is 12.1. The van der Waals surface area contributed by atoms with E-state index in [0.29, 0.717) is 11.5 Å². The first-order valence-electron chi connectivity index (χ1n) is 4.82. The zero-order valence-electron chi connectivity index (χ0n) is 8.21. The van der Waals surface area contributed by atoms with Gasteiger partial charge in [-0.1, -0.05) is 25.1 Å². The van der Waals surface area contributed by atoms with Gasteiger partial charge >= 0.3 is 6.36 Å². The first kappa shape index (κ1) is 10.3. The molecule has 0 N–H and O–H groups in total. The molecule has 0 radical (unpaired) electrons. The van der Waals surface area contributed by atoms with Crippen molar-refractivity contribution in [3.05, 3.63) is 29.8 Å². The molecule has 2 rings (SSSR count). The molecular weight excluding hydrogens is 205 g/mol. The molecule has 1 aromatic carbocycles. The zero-order chi connectivity index (χ0) is 11.1. The Morgan fingerprint density at radius 1 is 1.27 bits per heavy atom. The summed E-state index contributed by atoms with van der Waals surface area (Å²) in [5.74, 6) is 0.630. The number of ether oxygens (including phenoxy) is 1. The van der Waals surface area contributed by atoms with Gasteiger partial charge in [-0.15, -0.1) is 13.2 Å². The van der Waals surface area contributed by atoms with Gasteiger partial charge in [0.15, 0.2) is 0 Å². The van der Waals surface area contributed by atoms with Crippen LogP contribution >= 0.6 is 0 Å². The van der Waals surface area contributed by atoms with E-state index in [1.807, 2.05) is 6.92 Å². The molecule has 82 valence electrons. The fourth-order valence-electron chi connectivity index (χ4n) is 1.76. The number of halogens is 3. The van der Waals surface area contributed by atoms with Gasteiger partial charge in [-0.05, 0) is 29.9 Å². The van der Waals surface area contributed by atoms with Crippen molar-refractivity contribution in [1.29, 1.82) is 0 Å². The van der Waals surface area contributed by atoms with Crippen LogP contribution in [0.1, 0.15) is 24.8 Å². The minimum atomic E-state index is -4.60. The molecule has 1 aliphatic rings. The van der Waals surface area contributed by atoms with E-state index in [1.54, 1.807) is 18.2 Å². The highest BCUT2D eigenvalue weighted by molar-refractivity contribution is 5.39. The smallest absolute Gasteiger partial charge is 0.405 e. The molecular formula is C11H11F3O. The van der Waals surface area contributed by atoms with Crippen LogP contribution < -0.4 is 4.74 Å². The number of hydrogen-bond donors (Lipinski definition) is 0. The van der Waals surface area contributed by atoms with E-state index in [1.165, 1.54) is 6.07 Å². The van der Waals surface area contributed by atoms with Crippen LogP contribution in [0.5, 0.6) is 5.75 Å². The van der Waals surface area contributed by atoms with Crippen LogP contribution in [0.25, 0.3) is 0 Å². The van der Waals surface area contributed by atoms with Gasteiger partial charge in [0.2, 0.25) is 0 Å². The van der Waals surface area contributed by atoms with E-state index in [0.717, 1.165) is 6.42 Å². The molecule has 0 bridgehead atoms. The lowest BCUT2D eigenvalue weighted by Crippen LogP contribution is -2.18. The Morgan fingerprint density at radius 3 is 2.40 bits per heavy atom. The Bertz CT molecular complexity index is 359. The van der Waals surface area contributed by atoms with Gasteiger partial charge in [0.25, 0.3) is 0 Å². The van der Waals surface area contributed by atoms with E-state index < -0.39 is 6.36 Å². The van der Waals surface area contributed by atoms with Gasteiger partial charge in [0.05, 0.1) is 0 Å². The monoisotopic (exact) mass is 216 g/mol. The molecule has 0 aliphatic heterocycles. The molecule has 0 heterocycles. The lowest BCUT2D eigenvalue weighted by Gasteiger charge is -2.12. The highest BCUT2D eigenvalue weighted by Crippen LogP contribution is 2.50. The van der Waals surface area contributed by atoms with Crippen molar-refractivity contribution < 1.29 is 17.9 Å². The summed E-state index contributed by atoms with van der Waals surface area (Å²) in [5.41, 5.74) is 0.669. The predicted octanol–water partition coefficient (Wildman–Crippen LogP) is 3.71. The quantitative estimate of drug-likeness (QED) is 0.732. The van der Waals surface area contributed by atoms with Crippen molar-refractivity contribution >= 4 is 0 Å². The van der Waals surface area contributed by atoms with Crippen LogP contribution in [-0.4, -0.2) is 6.36 Å². The maximum atomic E-state index is 12.1. The first-order chi connectivity index (χ1) is 6.97. The highest BCUT2D eigenvalue weighted by Gasteiger charge is 2.38. The summed E-state index contributed by atoms with van der Waals surface area (Å²) in [6.45, 7) is 2.02. The Morgan fingerprint density at radius 2 is 1.87 bits per heavy atom. The molecule has 1 aromatic rings. The lowest BCUT2D eigenvalue weighted by molar-refractivity contribution is -0.274. The summed E-state index contributed by atoms with van der Waals surface area (Å²) in [6.07, 6.45) is -3.66. The van der Waals surface area contributed by atoms with Crippen LogP contribution in [0.15, 0.2) is 24.3 Å². The van der Waals surface area contributed by atoms with Crippen LogP contribution in [0.4, 0.5) is 13.2 Å². The predicted molar refractivity (Wildman–Crippen MR) is 49.6 cm³/mol. The van der Waals surface area contributed by atoms with Gasteiger partial charge < -0.3 is 4.74 Å². The average Bonchev–Trinajstić information content (AvgIpc) is 2.80. The molecule has 1 fully saturated rings. The fourth-order valence-corrected chi connectivity index (χ4v) is 1.76. The van der Waals surface area contributed by atoms with E-state index in [-0.39, 0.29) is 11.7 Å². The summed E-state index contributed by atoms with van der Waals surface area (Å²) in [4.78, 5) is 0. The molecule has 0 spiro atoms. The number of rotatable bonds is 2. The van der Waals surface area contributed by atoms with Crippen molar-refractivity contribution in [3.63, 3.8) is 0 Å². The third kappa shape index (κ3) is 2.43. The molecule has 2 atom stereocenters. The molecule has 15 heavy (non-hydrogen) atoms. The van der Waals surface area contributed by atoms with Crippen molar-refractivity contribution in [2.75, 3.05) is 0 Å². The molecule has 0 saturated heterocycles. The van der Waals surface area contributed by atoms with E-state index >= 15 is 0 Å². The van der Waals surface area contributed by atoms with Gasteiger partial charge in [-0.2, -0.15) is 0 Å². The Balaban J connectivity index is 2.23. The SMILES string of the molecule is C[C@H]1C[C@@H]1c1ccccc1OC(F)(F)F. The number of benzene rings is 1. The summed E-state index contributed by atoms with van der Waals surface area (Å²) < 4.78 is 40.2. The number of alkyl halides is 3. The minimum absolute atomic E-state index is 0.0562. The minimum Gasteiger partial charge on any atom is -0.405 e. The first-order valence-corrected chi connectivity index (χ1v) is 4.82. The Hall–Kier alpha value is -1.19. The van der Waals surface area contributed by atoms with Crippen LogP contribution in [0.2, 0.25) is 0 Å². The normalized spacial score (nSPS) is 25.1. The van der Waals surface area contributed by atoms with Gasteiger partial charge in [-0.25, -0.2) is 0 Å². The molecule has 0 unspecified atom stereocenters. The third-order valence-corrected chi connectivity index (χ3v) is 2.65. The van der Waals surface area contributed by atoms with Crippen LogP contribution in [0.3, 0.4) is 0 Å². The zero-order valence-corrected chi connectivity index (χ0v) is 8.21. The van der Waals surface area contributed by atoms with Crippen molar-refractivity contribution in [3.8, 4) is 5.75 Å². The van der Waals surface area contributed by atoms with E-state index in [2.05, 4.69) is 4.74 Å². The standard InChI is InChI=1S/C11H11F3O/c1-7-6-9(7)8-4-2-3-5-10(8)15-11(12,13)14/h2-5,7,9H,6H2,1H3/t7-,9-/m0/s1. The van der Waals surface area contributed by atoms with Gasteiger partial charge in [0.1, 0.15) is 5.75 Å². The van der Waals surface area contributed by atoms with E-state index in [4.69, 9.17) is 0 Å². The molecule has 1 aliphatic carbocycles. The molecule has 0 aromatic heterocycles. The van der Waals surface area contributed by atoms with Crippen LogP contribution in [-0.2, 0) is 0 Å². The lowest BCUT2D eigenvalue weighted by atomic mass is 10.1. The second kappa shape index (κ2) is 3.43. The van der Waals surface area contributed by atoms with Crippen LogP contribution in [0, 0.1) is 5.92 Å². The second-order valence-corrected chi connectivity index (χ2v) is 3.91. The second-order valence-electron chi connectivity index (χ2n) is 3.91. The maximum Gasteiger partial charge on any atom is 0.573 e. The van der Waals surface area contributed by atoms with Gasteiger partial charge in [-0.3, -0.25) is 0 Å². The highest BCUT2D eigenvalue weighted by atomic mass is 19.4. The topological polar surface area (TPSA) is 9.23 Å². The van der Waals surface area contributed by atoms with Crippen molar-refractivity contribution in [2.45, 2.75) is 25.6 Å². The largest absolute Gasteiger partial charge is 0.573 e. The summed E-state index contributed by atoms with van der Waals surface area (Å²) in [7, 11) is 0. The third-order valence-electron chi connectivity index (χ3n) is 2.65. The van der Waals surface area contributed by atoms with E-state index in [9.17, 15) is 13.2 Å². The fraction of sp³-hybridized carbons (Fsp3) is 0.455. The summed E-state index contributed by atoms with van der Waals surface area (Å²) >= 11 is 0. The molecule has 1 nitrogen and oxygen atoms in total. The molecule has 0 amide bonds. The number of hydrogen-bond acceptors (Lipinski definition) is 1. The summed E-state index contributed by atoms with van der Waals surface area (Å²) in [5, 5.41) is 0. The molecule has 1 saturated carbocycles. The summed E-state index contributed by atoms with van der Waals surface area (Å²) in [6, 6.07) is 6.37. The molecule has 4 heteroatoms. The van der Waals surface area contributed by atoms with Gasteiger partial charge in [0, 0.05) is 0 Å². The Labute approximate surface area is 85.9 Å². The van der Waals surface area contributed by atoms with Crippen molar-refractivity contribution in [2.24, 2.45) is 5.92 Å². The average molecular weight is 216 g/mol. The Kier molecular flexibility index (Phi) is 2.37. The number of para-hydroxylation sites is 1.